The Morgan fingerprint density at radius 1 is 1.56 bits per heavy atom. The van der Waals surface area contributed by atoms with Crippen LogP contribution in [0.1, 0.15) is 10.4 Å². The van der Waals surface area contributed by atoms with Crippen molar-refractivity contribution in [2.45, 2.75) is 0 Å². The van der Waals surface area contributed by atoms with E-state index in [1.54, 1.807) is 13.1 Å². The summed E-state index contributed by atoms with van der Waals surface area (Å²) in [4.78, 5) is 17.3. The van der Waals surface area contributed by atoms with Gasteiger partial charge in [0, 0.05) is 19.8 Å². The zero-order chi connectivity index (χ0) is 11.5. The molecule has 2 rings (SSSR count). The number of pyridine rings is 1. The van der Waals surface area contributed by atoms with Crippen LogP contribution in [0.2, 0.25) is 0 Å². The van der Waals surface area contributed by atoms with Crippen LogP contribution in [0.25, 0.3) is 11.2 Å². The third-order valence-corrected chi connectivity index (χ3v) is 2.68. The molecule has 6 nitrogen and oxygen atoms in total. The zero-order valence-electron chi connectivity index (χ0n) is 8.62. The van der Waals surface area contributed by atoms with Crippen molar-refractivity contribution in [3.63, 3.8) is 0 Å². The number of amides is 1. The number of hydrogen-bond donors (Lipinski definition) is 1. The van der Waals surface area contributed by atoms with E-state index in [-0.39, 0.29) is 12.5 Å². The first-order chi connectivity index (χ1) is 7.72. The molecule has 0 bridgehead atoms. The van der Waals surface area contributed by atoms with Crippen LogP contribution in [-0.4, -0.2) is 49.8 Å². The fraction of sp³-hybridized carbons (Fsp3) is 0.333. The lowest BCUT2D eigenvalue weighted by Crippen LogP contribution is -2.29. The minimum Gasteiger partial charge on any atom is -0.395 e. The van der Waals surface area contributed by atoms with Gasteiger partial charge in [0.05, 0.1) is 23.9 Å². The predicted molar refractivity (Wildman–Crippen MR) is 59.3 cm³/mol. The Hall–Kier alpha value is -1.60. The fourth-order valence-electron chi connectivity index (χ4n) is 1.28. The zero-order valence-corrected chi connectivity index (χ0v) is 9.44. The van der Waals surface area contributed by atoms with Crippen molar-refractivity contribution in [3.8, 4) is 0 Å². The van der Waals surface area contributed by atoms with Gasteiger partial charge in [0.2, 0.25) is 0 Å². The molecular formula is C9H10N4O2S. The van der Waals surface area contributed by atoms with Gasteiger partial charge in [0.25, 0.3) is 5.91 Å². The van der Waals surface area contributed by atoms with Crippen molar-refractivity contribution in [1.29, 1.82) is 0 Å². The first-order valence-electron chi connectivity index (χ1n) is 4.67. The molecule has 84 valence electrons. The maximum Gasteiger partial charge on any atom is 0.255 e. The number of aliphatic hydroxyl groups is 1. The highest BCUT2D eigenvalue weighted by Gasteiger charge is 2.13. The molecule has 7 heteroatoms. The molecule has 0 aliphatic heterocycles. The molecule has 2 heterocycles. The van der Waals surface area contributed by atoms with Crippen LogP contribution in [0.5, 0.6) is 0 Å². The second-order valence-electron chi connectivity index (χ2n) is 3.28. The minimum absolute atomic E-state index is 0.0594. The van der Waals surface area contributed by atoms with E-state index in [1.165, 1.54) is 11.1 Å². The van der Waals surface area contributed by atoms with E-state index in [0.29, 0.717) is 23.3 Å². The summed E-state index contributed by atoms with van der Waals surface area (Å²) in [6, 6.07) is 1.65. The first-order valence-corrected chi connectivity index (χ1v) is 5.40. The molecule has 0 radical (unpaired) electrons. The van der Waals surface area contributed by atoms with Gasteiger partial charge < -0.3 is 10.0 Å². The van der Waals surface area contributed by atoms with E-state index in [2.05, 4.69) is 13.7 Å². The summed E-state index contributed by atoms with van der Waals surface area (Å²) >= 11 is 1.06. The van der Waals surface area contributed by atoms with Gasteiger partial charge in [0.1, 0.15) is 5.52 Å². The number of fused-ring (bicyclic) bond motifs is 1. The van der Waals surface area contributed by atoms with Gasteiger partial charge >= 0.3 is 0 Å². The van der Waals surface area contributed by atoms with Crippen LogP contribution in [0.3, 0.4) is 0 Å². The Balaban J connectivity index is 2.28. The Labute approximate surface area is 95.9 Å². The normalized spacial score (nSPS) is 10.6. The predicted octanol–water partition coefficient (Wildman–Crippen LogP) is 0.151. The molecular weight excluding hydrogens is 228 g/mol. The van der Waals surface area contributed by atoms with Crippen LogP contribution in [0, 0.1) is 0 Å². The molecule has 0 fully saturated rings. The molecule has 1 amide bonds. The van der Waals surface area contributed by atoms with Gasteiger partial charge in [-0.25, -0.2) is 4.98 Å². The van der Waals surface area contributed by atoms with E-state index >= 15 is 0 Å². The number of carbonyl (C=O) groups is 1. The van der Waals surface area contributed by atoms with E-state index < -0.39 is 0 Å². The molecule has 0 saturated carbocycles. The second-order valence-corrected chi connectivity index (χ2v) is 3.81. The molecule has 0 aliphatic rings. The van der Waals surface area contributed by atoms with Crippen LogP contribution >= 0.6 is 11.7 Å². The summed E-state index contributed by atoms with van der Waals surface area (Å²) in [6.07, 6.45) is 1.47. The highest BCUT2D eigenvalue weighted by atomic mass is 32.1. The summed E-state index contributed by atoms with van der Waals surface area (Å²) < 4.78 is 7.97. The van der Waals surface area contributed by atoms with Crippen molar-refractivity contribution in [2.24, 2.45) is 0 Å². The average molecular weight is 238 g/mol. The Morgan fingerprint density at radius 2 is 2.38 bits per heavy atom. The number of likely N-dealkylation sites (N-methyl/N-ethyl adjacent to an activating group) is 1. The number of carbonyl (C=O) groups excluding carboxylic acids is 1. The van der Waals surface area contributed by atoms with Gasteiger partial charge in [-0.1, -0.05) is 0 Å². The molecule has 2 aromatic rings. The van der Waals surface area contributed by atoms with Gasteiger partial charge in [-0.05, 0) is 6.07 Å². The van der Waals surface area contributed by atoms with Gasteiger partial charge in [-0.15, -0.1) is 0 Å². The highest BCUT2D eigenvalue weighted by Crippen LogP contribution is 2.11. The number of rotatable bonds is 3. The molecule has 1 N–H and O–H groups in total. The quantitative estimate of drug-likeness (QED) is 0.823. The van der Waals surface area contributed by atoms with Gasteiger partial charge in [-0.2, -0.15) is 8.75 Å². The van der Waals surface area contributed by atoms with Gasteiger partial charge in [0.15, 0.2) is 5.65 Å². The van der Waals surface area contributed by atoms with Crippen LogP contribution in [0.15, 0.2) is 12.3 Å². The van der Waals surface area contributed by atoms with Crippen molar-refractivity contribution < 1.29 is 9.90 Å². The number of hydrogen-bond acceptors (Lipinski definition) is 6. The highest BCUT2D eigenvalue weighted by molar-refractivity contribution is 7.00. The summed E-state index contributed by atoms with van der Waals surface area (Å²) in [7, 11) is 1.63. The summed E-state index contributed by atoms with van der Waals surface area (Å²) in [5.41, 5.74) is 1.62. The standard InChI is InChI=1S/C9H10N4O2S/c1-13(2-3-14)9(15)6-4-7-8(10-5-6)12-16-11-7/h4-5,14H,2-3H2,1H3. The Kier molecular flexibility index (Phi) is 3.07. The lowest BCUT2D eigenvalue weighted by atomic mass is 10.2. The topological polar surface area (TPSA) is 79.2 Å². The molecule has 2 aromatic heterocycles. The molecule has 0 atom stereocenters. The van der Waals surface area contributed by atoms with Crippen molar-refractivity contribution in [1.82, 2.24) is 18.6 Å². The first kappa shape index (κ1) is 10.9. The number of aromatic nitrogens is 3. The molecule has 0 spiro atoms. The van der Waals surface area contributed by atoms with Gasteiger partial charge in [-0.3, -0.25) is 4.79 Å². The smallest absolute Gasteiger partial charge is 0.255 e. The third-order valence-electron chi connectivity index (χ3n) is 2.14. The average Bonchev–Trinajstić information content (AvgIpc) is 2.75. The molecule has 0 aliphatic carbocycles. The van der Waals surface area contributed by atoms with Crippen LogP contribution in [0.4, 0.5) is 0 Å². The Morgan fingerprint density at radius 3 is 3.12 bits per heavy atom. The fourth-order valence-corrected chi connectivity index (χ4v) is 1.76. The monoisotopic (exact) mass is 238 g/mol. The minimum atomic E-state index is -0.184. The van der Waals surface area contributed by atoms with E-state index in [9.17, 15) is 4.79 Å². The third kappa shape index (κ3) is 2.00. The largest absolute Gasteiger partial charge is 0.395 e. The maximum atomic E-state index is 11.8. The summed E-state index contributed by atoms with van der Waals surface area (Å²) in [6.45, 7) is 0.238. The van der Waals surface area contributed by atoms with Crippen molar-refractivity contribution in [3.05, 3.63) is 17.8 Å². The van der Waals surface area contributed by atoms with E-state index in [1.807, 2.05) is 0 Å². The maximum absolute atomic E-state index is 11.8. The summed E-state index contributed by atoms with van der Waals surface area (Å²) in [5, 5.41) is 8.74. The summed E-state index contributed by atoms with van der Waals surface area (Å²) in [5.74, 6) is -0.184. The van der Waals surface area contributed by atoms with Crippen LogP contribution in [-0.2, 0) is 0 Å². The molecule has 16 heavy (non-hydrogen) atoms. The van der Waals surface area contributed by atoms with Crippen molar-refractivity contribution >= 4 is 28.8 Å². The Bertz CT molecular complexity index is 513. The molecule has 0 saturated heterocycles. The molecule has 0 unspecified atom stereocenters. The lowest BCUT2D eigenvalue weighted by molar-refractivity contribution is 0.0766. The number of nitrogens with zero attached hydrogens (tertiary/aromatic N) is 4. The lowest BCUT2D eigenvalue weighted by Gasteiger charge is -2.14. The van der Waals surface area contributed by atoms with E-state index in [0.717, 1.165) is 11.7 Å². The van der Waals surface area contributed by atoms with E-state index in [4.69, 9.17) is 5.11 Å². The number of aliphatic hydroxyl groups excluding tert-OH is 1. The SMILES string of the molecule is CN(CCO)C(=O)c1cnc2nsnc2c1. The second kappa shape index (κ2) is 4.50. The molecule has 0 aromatic carbocycles. The van der Waals surface area contributed by atoms with Crippen molar-refractivity contribution in [2.75, 3.05) is 20.2 Å². The van der Waals surface area contributed by atoms with Crippen LogP contribution < -0.4 is 0 Å².